The quantitative estimate of drug-likeness (QED) is 0.404. The normalized spacial score (nSPS) is 35.2. The van der Waals surface area contributed by atoms with Gasteiger partial charge in [0, 0.05) is 0 Å². The number of hydrogen-bond acceptors (Lipinski definition) is 2. The molecule has 2 heteroatoms. The van der Waals surface area contributed by atoms with Crippen LogP contribution in [0.25, 0.3) is 0 Å². The second-order valence-electron chi connectivity index (χ2n) is 11.4. The lowest BCUT2D eigenvalue weighted by molar-refractivity contribution is -0.0233. The molecule has 0 aliphatic heterocycles. The number of fused-ring (bicyclic) bond motifs is 1. The van der Waals surface area contributed by atoms with Crippen molar-refractivity contribution < 1.29 is 9.84 Å². The van der Waals surface area contributed by atoms with Crippen molar-refractivity contribution in [1.29, 1.82) is 0 Å². The molecule has 0 unspecified atom stereocenters. The number of hydrogen-bond donors (Lipinski definition) is 1. The van der Waals surface area contributed by atoms with Crippen LogP contribution in [0.4, 0.5) is 0 Å². The summed E-state index contributed by atoms with van der Waals surface area (Å²) in [6, 6.07) is 0. The van der Waals surface area contributed by atoms with Crippen LogP contribution in [0, 0.1) is 41.4 Å². The van der Waals surface area contributed by atoms with Crippen molar-refractivity contribution in [3.05, 3.63) is 35.5 Å². The average molecular weight is 439 g/mol. The smallest absolute Gasteiger partial charge is 0.107 e. The minimum atomic E-state index is -0.204. The first-order chi connectivity index (χ1) is 15.3. The van der Waals surface area contributed by atoms with E-state index in [1.54, 1.807) is 5.57 Å². The molecule has 3 aliphatic carbocycles. The fourth-order valence-electron chi connectivity index (χ4n) is 6.95. The van der Waals surface area contributed by atoms with Crippen molar-refractivity contribution in [2.75, 3.05) is 6.61 Å². The number of ether oxygens (including phenoxy) is 1. The molecule has 0 bridgehead atoms. The van der Waals surface area contributed by atoms with E-state index in [1.807, 2.05) is 0 Å². The summed E-state index contributed by atoms with van der Waals surface area (Å²) in [4.78, 5) is 0. The Hall–Kier alpha value is -1.30. The van der Waals surface area contributed by atoms with Gasteiger partial charge in [-0.2, -0.15) is 0 Å². The van der Waals surface area contributed by atoms with Crippen LogP contribution in [-0.2, 0) is 4.74 Å². The minimum absolute atomic E-state index is 0.204. The Morgan fingerprint density at radius 1 is 1.19 bits per heavy atom. The van der Waals surface area contributed by atoms with Gasteiger partial charge in [0.15, 0.2) is 0 Å². The van der Waals surface area contributed by atoms with E-state index >= 15 is 0 Å². The molecule has 178 valence electrons. The van der Waals surface area contributed by atoms with E-state index in [4.69, 9.17) is 11.2 Å². The molecule has 0 heterocycles. The maximum atomic E-state index is 10.1. The Kier molecular flexibility index (Phi) is 8.88. The maximum absolute atomic E-state index is 10.1. The number of aliphatic hydroxyl groups is 1. The molecule has 3 fully saturated rings. The molecule has 0 spiro atoms. The van der Waals surface area contributed by atoms with Crippen LogP contribution < -0.4 is 0 Å². The highest BCUT2D eigenvalue weighted by molar-refractivity contribution is 5.36. The fourth-order valence-corrected chi connectivity index (χ4v) is 6.95. The Bertz CT molecular complexity index is 751. The zero-order chi connectivity index (χ0) is 23.3. The number of terminal acetylenes is 1. The molecule has 3 rings (SSSR count). The monoisotopic (exact) mass is 438 g/mol. The topological polar surface area (TPSA) is 29.5 Å². The van der Waals surface area contributed by atoms with E-state index in [0.717, 1.165) is 25.7 Å². The summed E-state index contributed by atoms with van der Waals surface area (Å²) in [5, 5.41) is 10.1. The molecule has 0 amide bonds. The van der Waals surface area contributed by atoms with Gasteiger partial charge in [0.2, 0.25) is 0 Å². The first kappa shape index (κ1) is 25.3. The Morgan fingerprint density at radius 2 is 1.97 bits per heavy atom. The zero-order valence-electron chi connectivity index (χ0n) is 21.0. The van der Waals surface area contributed by atoms with Gasteiger partial charge in [-0.1, -0.05) is 63.5 Å². The highest BCUT2D eigenvalue weighted by atomic mass is 16.5. The van der Waals surface area contributed by atoms with Crippen LogP contribution in [0.1, 0.15) is 91.9 Å². The highest BCUT2D eigenvalue weighted by Crippen LogP contribution is 2.60. The lowest BCUT2D eigenvalue weighted by Gasteiger charge is -2.45. The molecule has 0 aromatic rings. The van der Waals surface area contributed by atoms with Crippen molar-refractivity contribution in [3.63, 3.8) is 0 Å². The van der Waals surface area contributed by atoms with Crippen LogP contribution in [0.15, 0.2) is 35.5 Å². The summed E-state index contributed by atoms with van der Waals surface area (Å²) in [5.74, 6) is 5.27. The van der Waals surface area contributed by atoms with Gasteiger partial charge in [0.05, 0.1) is 12.2 Å². The van der Waals surface area contributed by atoms with Crippen LogP contribution in [0.3, 0.4) is 0 Å². The molecule has 0 aromatic heterocycles. The highest BCUT2D eigenvalue weighted by Gasteiger charge is 2.51. The third kappa shape index (κ3) is 5.78. The molecular weight excluding hydrogens is 392 g/mol. The van der Waals surface area contributed by atoms with E-state index in [2.05, 4.69) is 52.3 Å². The van der Waals surface area contributed by atoms with Gasteiger partial charge in [-0.3, -0.25) is 0 Å². The maximum Gasteiger partial charge on any atom is 0.107 e. The number of aliphatic hydroxyl groups excluding tert-OH is 1. The van der Waals surface area contributed by atoms with Crippen LogP contribution in [-0.4, -0.2) is 23.9 Å². The Balaban J connectivity index is 1.76. The third-order valence-corrected chi connectivity index (χ3v) is 8.86. The lowest BCUT2D eigenvalue weighted by atomic mass is 9.60. The third-order valence-electron chi connectivity index (χ3n) is 8.86. The molecule has 0 saturated heterocycles. The molecule has 0 radical (unpaired) electrons. The van der Waals surface area contributed by atoms with Crippen molar-refractivity contribution >= 4 is 0 Å². The summed E-state index contributed by atoms with van der Waals surface area (Å²) >= 11 is 0. The zero-order valence-corrected chi connectivity index (χ0v) is 21.0. The van der Waals surface area contributed by atoms with E-state index < -0.39 is 0 Å². The van der Waals surface area contributed by atoms with Crippen molar-refractivity contribution in [3.8, 4) is 12.3 Å². The number of allylic oxidation sites excluding steroid dienone is 4. The van der Waals surface area contributed by atoms with E-state index in [1.165, 1.54) is 49.7 Å². The summed E-state index contributed by atoms with van der Waals surface area (Å²) < 4.78 is 6.22. The van der Waals surface area contributed by atoms with Crippen LogP contribution >= 0.6 is 0 Å². The van der Waals surface area contributed by atoms with Gasteiger partial charge >= 0.3 is 0 Å². The predicted octanol–water partition coefficient (Wildman–Crippen LogP) is 7.25. The van der Waals surface area contributed by atoms with Gasteiger partial charge in [-0.05, 0) is 98.9 Å². The Labute approximate surface area is 197 Å². The molecule has 3 saturated carbocycles. The fraction of sp³-hybridized carbons (Fsp3) is 0.733. The standard InChI is InChI=1S/C30H46O2/c1-7-19-32-29(17-10-21(2)3)23(5)27-15-16-28-24(9-8-18-30(27,28)6)12-13-25-20-26(31)14-11-22(25)4/h1,12-13,21,23,26-29,31H,4,8-11,14-20H2,2-3,5-6H3/b24-12+,25-13-/t23-,26-,27+,28-,29+,30+/m0/s1. The molecule has 0 aromatic carbocycles. The molecule has 3 aliphatic rings. The van der Waals surface area contributed by atoms with E-state index in [9.17, 15) is 5.11 Å². The molecule has 32 heavy (non-hydrogen) atoms. The summed E-state index contributed by atoms with van der Waals surface area (Å²) in [5.41, 5.74) is 4.43. The molecular formula is C30H46O2. The van der Waals surface area contributed by atoms with E-state index in [0.29, 0.717) is 35.7 Å². The summed E-state index contributed by atoms with van der Waals surface area (Å²) in [6.45, 7) is 14.2. The predicted molar refractivity (Wildman–Crippen MR) is 135 cm³/mol. The van der Waals surface area contributed by atoms with Crippen LogP contribution in [0.5, 0.6) is 0 Å². The van der Waals surface area contributed by atoms with Gasteiger partial charge < -0.3 is 9.84 Å². The van der Waals surface area contributed by atoms with Crippen LogP contribution in [0.2, 0.25) is 0 Å². The molecule has 1 N–H and O–H groups in total. The van der Waals surface area contributed by atoms with Gasteiger partial charge in [0.1, 0.15) is 6.61 Å². The largest absolute Gasteiger partial charge is 0.393 e. The van der Waals surface area contributed by atoms with Crippen molar-refractivity contribution in [2.45, 2.75) is 104 Å². The second-order valence-corrected chi connectivity index (χ2v) is 11.4. The van der Waals surface area contributed by atoms with E-state index in [-0.39, 0.29) is 12.2 Å². The first-order valence-electron chi connectivity index (χ1n) is 13.1. The van der Waals surface area contributed by atoms with Gasteiger partial charge in [-0.15, -0.1) is 6.42 Å². The second kappa shape index (κ2) is 11.2. The van der Waals surface area contributed by atoms with Crippen molar-refractivity contribution in [2.24, 2.45) is 29.1 Å². The number of rotatable bonds is 8. The van der Waals surface area contributed by atoms with Gasteiger partial charge in [0.25, 0.3) is 0 Å². The SMILES string of the molecule is C#CCO[C@H](CCC(C)C)[C@@H](C)[C@H]1CC[C@H]2/C(=C/C=C3/C[C@@H](O)CCC3=C)CCC[C@]12C. The summed E-state index contributed by atoms with van der Waals surface area (Å²) in [6.07, 6.45) is 21.5. The molecule has 2 nitrogen and oxygen atoms in total. The lowest BCUT2D eigenvalue weighted by Crippen LogP contribution is -2.40. The molecule has 6 atom stereocenters. The van der Waals surface area contributed by atoms with Gasteiger partial charge in [-0.25, -0.2) is 0 Å². The minimum Gasteiger partial charge on any atom is -0.393 e. The Morgan fingerprint density at radius 3 is 2.69 bits per heavy atom. The average Bonchev–Trinajstić information content (AvgIpc) is 3.11. The van der Waals surface area contributed by atoms with Crippen molar-refractivity contribution in [1.82, 2.24) is 0 Å². The first-order valence-corrected chi connectivity index (χ1v) is 13.1. The summed E-state index contributed by atoms with van der Waals surface area (Å²) in [7, 11) is 0.